The average Bonchev–Trinajstić information content (AvgIpc) is 0.628. The van der Waals surface area contributed by atoms with E-state index in [-0.39, 0.29) is 52.8 Å². The summed E-state index contributed by atoms with van der Waals surface area (Å²) in [6, 6.07) is 36.0. The Labute approximate surface area is 680 Å². The van der Waals surface area contributed by atoms with Gasteiger partial charge in [-0.2, -0.15) is 0 Å². The van der Waals surface area contributed by atoms with Gasteiger partial charge in [0.1, 0.15) is 17.2 Å². The maximum absolute atomic E-state index is 12.5. The molecule has 0 aromatic heterocycles. The van der Waals surface area contributed by atoms with E-state index in [0.717, 1.165) is 254 Å². The molecule has 110 heavy (non-hydrogen) atoms. The minimum atomic E-state index is 0. The molecular weight excluding hydrogens is 1490 g/mol. The van der Waals surface area contributed by atoms with Crippen LogP contribution in [-0.4, -0.2) is 171 Å². The van der Waals surface area contributed by atoms with Gasteiger partial charge in [-0.1, -0.05) is 156 Å². The molecular formula is C87H116Cl5N9O9. The van der Waals surface area contributed by atoms with E-state index in [0.29, 0.717) is 76.5 Å². The Morgan fingerprint density at radius 3 is 0.955 bits per heavy atom. The third-order valence-corrected chi connectivity index (χ3v) is 22.8. The molecule has 6 aliphatic rings. The Balaban J connectivity index is 0.000000206. The number of nitrogens with zero attached hydrogens (tertiary/aromatic N) is 9. The fourth-order valence-electron chi connectivity index (χ4n) is 13.9. The highest BCUT2D eigenvalue weighted by Crippen LogP contribution is 2.38. The lowest BCUT2D eigenvalue weighted by Gasteiger charge is -2.36. The number of carbonyl (C=O) groups excluding carboxylic acids is 3. The van der Waals surface area contributed by atoms with Crippen molar-refractivity contribution in [2.75, 3.05) is 168 Å². The van der Waals surface area contributed by atoms with Crippen molar-refractivity contribution in [3.8, 4) is 17.2 Å². The molecule has 6 aliphatic heterocycles. The number of hydrogen-bond acceptors (Lipinski definition) is 15. The van der Waals surface area contributed by atoms with Gasteiger partial charge in [0.2, 0.25) is 17.7 Å². The zero-order chi connectivity index (χ0) is 76.5. The molecule has 0 spiro atoms. The number of carbonyl (C=O) groups is 3. The number of ether oxygens (including phenoxy) is 6. The summed E-state index contributed by atoms with van der Waals surface area (Å²) in [5.74, 6) is 4.63. The van der Waals surface area contributed by atoms with Crippen molar-refractivity contribution in [2.45, 2.75) is 139 Å². The van der Waals surface area contributed by atoms with Crippen molar-refractivity contribution in [1.82, 2.24) is 14.7 Å². The van der Waals surface area contributed by atoms with Gasteiger partial charge < -0.3 is 43.1 Å². The molecule has 6 aromatic rings. The Kier molecular flexibility index (Phi) is 35.7. The molecule has 18 nitrogen and oxygen atoms in total. The molecule has 3 amide bonds. The number of rotatable bonds is 33. The Bertz CT molecular complexity index is 3610. The highest BCUT2D eigenvalue weighted by atomic mass is 35.5. The fourth-order valence-corrected chi connectivity index (χ4v) is 15.0. The van der Waals surface area contributed by atoms with E-state index in [9.17, 15) is 14.4 Å². The highest BCUT2D eigenvalue weighted by molar-refractivity contribution is 6.44. The zero-order valence-corrected chi connectivity index (χ0v) is 67.3. The van der Waals surface area contributed by atoms with Crippen LogP contribution in [0.2, 0.25) is 25.1 Å². The number of hydrogen-bond donors (Lipinski definition) is 0. The summed E-state index contributed by atoms with van der Waals surface area (Å²) in [7, 11) is 0. The van der Waals surface area contributed by atoms with Crippen LogP contribution >= 0.6 is 58.0 Å². The molecule has 23 heteroatoms. The van der Waals surface area contributed by atoms with E-state index >= 15 is 0 Å². The van der Waals surface area contributed by atoms with Crippen LogP contribution in [0, 0.1) is 6.92 Å². The molecule has 0 atom stereocenters. The van der Waals surface area contributed by atoms with Gasteiger partial charge in [0.15, 0.2) is 20.2 Å². The van der Waals surface area contributed by atoms with Gasteiger partial charge in [0.25, 0.3) is 0 Å². The molecule has 3 fully saturated rings. The van der Waals surface area contributed by atoms with Crippen LogP contribution in [0.15, 0.2) is 146 Å². The van der Waals surface area contributed by atoms with Gasteiger partial charge in [-0.15, -0.1) is 0 Å². The summed E-state index contributed by atoms with van der Waals surface area (Å²) >= 11 is 31.7. The molecule has 3 saturated heterocycles. The lowest BCUT2D eigenvalue weighted by molar-refractivity contribution is -0.120. The first-order chi connectivity index (χ1) is 52.4. The number of halogens is 5. The molecule has 6 heterocycles. The van der Waals surface area contributed by atoms with E-state index in [4.69, 9.17) is 86.4 Å². The summed E-state index contributed by atoms with van der Waals surface area (Å²) in [5.41, 5.74) is 10.4. The molecule has 6 aromatic carbocycles. The van der Waals surface area contributed by atoms with Gasteiger partial charge in [-0.05, 0) is 155 Å². The molecule has 0 aliphatic carbocycles. The number of allylic oxidation sites excluding steroid dienone is 3. The normalized spacial score (nSPS) is 15.8. The number of benzene rings is 6. The number of fused-ring (bicyclic) bond motifs is 3. The van der Waals surface area contributed by atoms with Crippen LogP contribution < -0.4 is 43.6 Å². The number of unbranched alkanes of at least 4 members (excludes halogenated alkanes) is 3. The maximum Gasteiger partial charge on any atom is 0.230 e. The van der Waals surface area contributed by atoms with Crippen LogP contribution in [0.25, 0.3) is 0 Å². The number of anilines is 6. The lowest BCUT2D eigenvalue weighted by Crippen LogP contribution is -2.46. The minimum absolute atomic E-state index is 0. The summed E-state index contributed by atoms with van der Waals surface area (Å²) in [6.07, 6.45) is 12.1. The minimum Gasteiger partial charge on any atom is -0.494 e. The number of piperazine rings is 3. The number of aryl methyl sites for hydroxylation is 4. The van der Waals surface area contributed by atoms with Crippen molar-refractivity contribution < 1.29 is 42.8 Å². The lowest BCUT2D eigenvalue weighted by atomic mass is 10.0. The summed E-state index contributed by atoms with van der Waals surface area (Å²) in [5, 5.41) is 3.35. The topological polar surface area (TPSA) is 136 Å². The fraction of sp³-hybridized carbons (Fsp3) is 0.483. The second-order valence-electron chi connectivity index (χ2n) is 28.0. The van der Waals surface area contributed by atoms with Crippen molar-refractivity contribution in [1.29, 1.82) is 0 Å². The smallest absolute Gasteiger partial charge is 0.230 e. The third kappa shape index (κ3) is 25.0. The molecule has 0 saturated carbocycles. The largest absolute Gasteiger partial charge is 0.494 e. The molecule has 598 valence electrons. The average molecular weight is 1610 g/mol. The molecule has 0 N–H and O–H groups in total. The first-order valence-corrected chi connectivity index (χ1v) is 40.4. The predicted molar refractivity (Wildman–Crippen MR) is 456 cm³/mol. The highest BCUT2D eigenvalue weighted by Gasteiger charge is 2.30. The quantitative estimate of drug-likeness (QED) is 0.0285. The van der Waals surface area contributed by atoms with Crippen LogP contribution in [0.3, 0.4) is 0 Å². The van der Waals surface area contributed by atoms with Gasteiger partial charge >= 0.3 is 0 Å². The first-order valence-electron chi connectivity index (χ1n) is 38.5. The molecule has 0 unspecified atom stereocenters. The second-order valence-corrected chi connectivity index (χ2v) is 30.0. The van der Waals surface area contributed by atoms with E-state index in [1.807, 2.05) is 93.6 Å². The Morgan fingerprint density at radius 2 is 0.655 bits per heavy atom. The van der Waals surface area contributed by atoms with Gasteiger partial charge in [0, 0.05) is 135 Å². The summed E-state index contributed by atoms with van der Waals surface area (Å²) in [6.45, 7) is 37.2. The van der Waals surface area contributed by atoms with E-state index in [1.54, 1.807) is 14.7 Å². The monoisotopic (exact) mass is 1610 g/mol. The van der Waals surface area contributed by atoms with E-state index in [1.165, 1.54) is 0 Å². The summed E-state index contributed by atoms with van der Waals surface area (Å²) < 4.78 is 35.1. The van der Waals surface area contributed by atoms with Gasteiger partial charge in [0.05, 0.1) is 96.3 Å². The Morgan fingerprint density at radius 1 is 0.364 bits per heavy atom. The first kappa shape index (κ1) is 88.1. The second kappa shape index (κ2) is 44.7. The number of amides is 3. The van der Waals surface area contributed by atoms with E-state index < -0.39 is 0 Å². The van der Waals surface area contributed by atoms with Gasteiger partial charge in [-0.25, -0.2) is 0 Å². The third-order valence-electron chi connectivity index (χ3n) is 20.7. The molecule has 0 bridgehead atoms. The standard InChI is InChI=1S/C29H38ClN3O3.2C28H35Cl2N3O3.2CH4/c1-4-23(3)36-21-33-27-20-25(12-10-24(27)11-13-28(33)34)35-19-6-5-14-31-15-17-32(18-16-31)26-9-7-8-22(2)29(26)30;2*1-3-21(2)36-20-33-26-19-23(11-9-22(26)10-12-27(33)34)35-18-5-4-13-31-14-16-32(17-15-31)25-8-6-7-24(29)28(25)30;;/h7-10,12,20H,3-6,11,13-19,21H2,1-2H3;2*6-9,11,19H,2-5,10,12-18,20H2,1H3;2*1H4. The molecule has 0 radical (unpaired) electrons. The Hall–Kier alpha value is -7.52. The summed E-state index contributed by atoms with van der Waals surface area (Å²) in [4.78, 5) is 57.1. The van der Waals surface area contributed by atoms with Crippen molar-refractivity contribution in [2.24, 2.45) is 0 Å². The van der Waals surface area contributed by atoms with Gasteiger partial charge in [-0.3, -0.25) is 43.8 Å². The van der Waals surface area contributed by atoms with Crippen molar-refractivity contribution in [3.63, 3.8) is 0 Å². The van der Waals surface area contributed by atoms with Crippen LogP contribution in [0.5, 0.6) is 17.2 Å². The van der Waals surface area contributed by atoms with Crippen LogP contribution in [0.4, 0.5) is 34.1 Å². The van der Waals surface area contributed by atoms with Crippen LogP contribution in [-0.2, 0) is 47.9 Å². The van der Waals surface area contributed by atoms with Crippen molar-refractivity contribution in [3.05, 3.63) is 194 Å². The SMILES string of the molecule is C.C.C=C(CC)OCN1C(=O)CCc2ccc(OCCCCN3CCN(c4cccc(C)c4Cl)CC3)cc21.C=C(CC)OCN1C(=O)CCc2ccc(OCCCCN3CCN(c4cccc(Cl)c4Cl)CC3)cc21.C=C(CC)OCN1C(=O)CCc2ccc(OCCCCN3CCN(c4cccc(Cl)c4Cl)CC3)cc21. The van der Waals surface area contributed by atoms with Crippen LogP contribution in [0.1, 0.15) is 135 Å². The zero-order valence-electron chi connectivity index (χ0n) is 63.6. The van der Waals surface area contributed by atoms with Crippen molar-refractivity contribution >= 4 is 110 Å². The predicted octanol–water partition coefficient (Wildman–Crippen LogP) is 19.4. The van der Waals surface area contributed by atoms with E-state index in [2.05, 4.69) is 92.5 Å². The maximum atomic E-state index is 12.5. The molecule has 12 rings (SSSR count).